The summed E-state index contributed by atoms with van der Waals surface area (Å²) in [5.74, 6) is 0. The fraction of sp³-hybridized carbons (Fsp3) is 0.294. The summed E-state index contributed by atoms with van der Waals surface area (Å²) < 4.78 is 0. The van der Waals surface area contributed by atoms with Crippen LogP contribution < -0.4 is 5.32 Å². The number of rotatable bonds is 3. The van der Waals surface area contributed by atoms with E-state index in [0.717, 1.165) is 6.54 Å². The summed E-state index contributed by atoms with van der Waals surface area (Å²) in [6, 6.07) is 13.1. The van der Waals surface area contributed by atoms with E-state index in [-0.39, 0.29) is 0 Å². The fourth-order valence-electron chi connectivity index (χ4n) is 2.45. The van der Waals surface area contributed by atoms with Crippen LogP contribution in [0.3, 0.4) is 0 Å². The zero-order chi connectivity index (χ0) is 13.1. The standard InChI is InChI=1S/C17H21N/c1-12-8-13(2)10-16(9-12)11-18-17-14(3)6-5-7-15(17)4/h5-10,18H,11H2,1-4H3. The Hall–Kier alpha value is -1.76. The van der Waals surface area contributed by atoms with E-state index in [2.05, 4.69) is 69.4 Å². The third-order valence-electron chi connectivity index (χ3n) is 3.23. The SMILES string of the molecule is Cc1cc(C)cc(CNc2c(C)cccc2C)c1. The van der Waals surface area contributed by atoms with Crippen LogP contribution in [0, 0.1) is 27.7 Å². The highest BCUT2D eigenvalue weighted by atomic mass is 14.9. The fourth-order valence-corrected chi connectivity index (χ4v) is 2.45. The minimum atomic E-state index is 0.883. The molecule has 0 radical (unpaired) electrons. The van der Waals surface area contributed by atoms with E-state index in [0.29, 0.717) is 0 Å². The minimum Gasteiger partial charge on any atom is -0.381 e. The lowest BCUT2D eigenvalue weighted by Crippen LogP contribution is -2.03. The second kappa shape index (κ2) is 5.26. The van der Waals surface area contributed by atoms with E-state index in [1.54, 1.807) is 0 Å². The van der Waals surface area contributed by atoms with Crippen LogP contribution in [0.15, 0.2) is 36.4 Å². The summed E-state index contributed by atoms with van der Waals surface area (Å²) in [6.07, 6.45) is 0. The van der Waals surface area contributed by atoms with Gasteiger partial charge in [0.05, 0.1) is 0 Å². The Kier molecular flexibility index (Phi) is 3.71. The Morgan fingerprint density at radius 2 is 1.39 bits per heavy atom. The Morgan fingerprint density at radius 1 is 0.833 bits per heavy atom. The van der Waals surface area contributed by atoms with E-state index in [1.165, 1.54) is 33.5 Å². The average molecular weight is 239 g/mol. The first-order valence-corrected chi connectivity index (χ1v) is 6.43. The summed E-state index contributed by atoms with van der Waals surface area (Å²) in [4.78, 5) is 0. The molecule has 2 rings (SSSR count). The van der Waals surface area contributed by atoms with Crippen molar-refractivity contribution in [2.24, 2.45) is 0 Å². The molecule has 0 aromatic heterocycles. The smallest absolute Gasteiger partial charge is 0.0402 e. The number of hydrogen-bond donors (Lipinski definition) is 1. The van der Waals surface area contributed by atoms with Crippen LogP contribution in [0.25, 0.3) is 0 Å². The van der Waals surface area contributed by atoms with Crippen LogP contribution in [0.2, 0.25) is 0 Å². The monoisotopic (exact) mass is 239 g/mol. The molecule has 0 atom stereocenters. The van der Waals surface area contributed by atoms with Crippen molar-refractivity contribution in [1.82, 2.24) is 0 Å². The first-order valence-electron chi connectivity index (χ1n) is 6.43. The van der Waals surface area contributed by atoms with E-state index in [4.69, 9.17) is 0 Å². The van der Waals surface area contributed by atoms with Crippen LogP contribution >= 0.6 is 0 Å². The van der Waals surface area contributed by atoms with Crippen molar-refractivity contribution in [3.8, 4) is 0 Å². The minimum absolute atomic E-state index is 0.883. The molecule has 0 saturated heterocycles. The average Bonchev–Trinajstić information content (AvgIpc) is 2.27. The van der Waals surface area contributed by atoms with Gasteiger partial charge in [0.1, 0.15) is 0 Å². The molecule has 0 aliphatic heterocycles. The van der Waals surface area contributed by atoms with Crippen molar-refractivity contribution in [2.45, 2.75) is 34.2 Å². The molecule has 0 unspecified atom stereocenters. The van der Waals surface area contributed by atoms with Gasteiger partial charge in [-0.05, 0) is 44.4 Å². The lowest BCUT2D eigenvalue weighted by molar-refractivity contribution is 1.11. The largest absolute Gasteiger partial charge is 0.381 e. The van der Waals surface area contributed by atoms with Gasteiger partial charge in [-0.3, -0.25) is 0 Å². The molecule has 18 heavy (non-hydrogen) atoms. The summed E-state index contributed by atoms with van der Waals surface area (Å²) in [5, 5.41) is 3.55. The Morgan fingerprint density at radius 3 is 1.94 bits per heavy atom. The summed E-state index contributed by atoms with van der Waals surface area (Å²) in [5.41, 5.74) is 7.87. The van der Waals surface area contributed by atoms with Gasteiger partial charge in [-0.25, -0.2) is 0 Å². The van der Waals surface area contributed by atoms with Gasteiger partial charge < -0.3 is 5.32 Å². The number of para-hydroxylation sites is 1. The molecule has 0 heterocycles. The molecule has 0 amide bonds. The predicted octanol–water partition coefficient (Wildman–Crippen LogP) is 4.53. The first kappa shape index (κ1) is 12.7. The third kappa shape index (κ3) is 2.92. The lowest BCUT2D eigenvalue weighted by atomic mass is 10.1. The molecular formula is C17H21N. The maximum absolute atomic E-state index is 3.55. The molecule has 1 N–H and O–H groups in total. The van der Waals surface area contributed by atoms with Crippen molar-refractivity contribution < 1.29 is 0 Å². The molecule has 0 saturated carbocycles. The molecule has 1 nitrogen and oxygen atoms in total. The molecule has 0 bridgehead atoms. The topological polar surface area (TPSA) is 12.0 Å². The van der Waals surface area contributed by atoms with Crippen molar-refractivity contribution in [3.63, 3.8) is 0 Å². The second-order valence-corrected chi connectivity index (χ2v) is 5.12. The number of aryl methyl sites for hydroxylation is 4. The first-order chi connectivity index (χ1) is 8.56. The molecule has 0 spiro atoms. The molecule has 1 heteroatoms. The van der Waals surface area contributed by atoms with Gasteiger partial charge in [-0.1, -0.05) is 47.5 Å². The Bertz CT molecular complexity index is 515. The van der Waals surface area contributed by atoms with Gasteiger partial charge in [-0.15, -0.1) is 0 Å². The van der Waals surface area contributed by atoms with E-state index >= 15 is 0 Å². The van der Waals surface area contributed by atoms with Crippen LogP contribution in [-0.2, 0) is 6.54 Å². The van der Waals surface area contributed by atoms with E-state index < -0.39 is 0 Å². The highest BCUT2D eigenvalue weighted by Crippen LogP contribution is 2.20. The summed E-state index contributed by atoms with van der Waals surface area (Å²) in [6.45, 7) is 9.48. The van der Waals surface area contributed by atoms with Crippen LogP contribution in [0.5, 0.6) is 0 Å². The number of nitrogens with one attached hydrogen (secondary N) is 1. The maximum Gasteiger partial charge on any atom is 0.0402 e. The van der Waals surface area contributed by atoms with Gasteiger partial charge >= 0.3 is 0 Å². The number of benzene rings is 2. The van der Waals surface area contributed by atoms with Crippen LogP contribution in [0.1, 0.15) is 27.8 Å². The quantitative estimate of drug-likeness (QED) is 0.829. The summed E-state index contributed by atoms with van der Waals surface area (Å²) in [7, 11) is 0. The molecular weight excluding hydrogens is 218 g/mol. The Labute approximate surface area is 110 Å². The van der Waals surface area contributed by atoms with Crippen LogP contribution in [-0.4, -0.2) is 0 Å². The van der Waals surface area contributed by atoms with Crippen molar-refractivity contribution in [2.75, 3.05) is 5.32 Å². The van der Waals surface area contributed by atoms with Gasteiger partial charge in [0, 0.05) is 12.2 Å². The highest BCUT2D eigenvalue weighted by molar-refractivity contribution is 5.56. The molecule has 2 aromatic rings. The third-order valence-corrected chi connectivity index (χ3v) is 3.23. The zero-order valence-electron chi connectivity index (χ0n) is 11.7. The molecule has 0 aliphatic rings. The van der Waals surface area contributed by atoms with Crippen molar-refractivity contribution in [1.29, 1.82) is 0 Å². The highest BCUT2D eigenvalue weighted by Gasteiger charge is 2.02. The van der Waals surface area contributed by atoms with Gasteiger partial charge in [0.2, 0.25) is 0 Å². The molecule has 0 aliphatic carbocycles. The van der Waals surface area contributed by atoms with Crippen molar-refractivity contribution in [3.05, 3.63) is 64.2 Å². The molecule has 2 aromatic carbocycles. The zero-order valence-corrected chi connectivity index (χ0v) is 11.7. The summed E-state index contributed by atoms with van der Waals surface area (Å²) >= 11 is 0. The second-order valence-electron chi connectivity index (χ2n) is 5.12. The maximum atomic E-state index is 3.55. The predicted molar refractivity (Wildman–Crippen MR) is 79.2 cm³/mol. The van der Waals surface area contributed by atoms with Gasteiger partial charge in [0.25, 0.3) is 0 Å². The number of anilines is 1. The van der Waals surface area contributed by atoms with Crippen molar-refractivity contribution >= 4 is 5.69 Å². The molecule has 94 valence electrons. The lowest BCUT2D eigenvalue weighted by Gasteiger charge is -2.13. The van der Waals surface area contributed by atoms with E-state index in [9.17, 15) is 0 Å². The Balaban J connectivity index is 2.16. The van der Waals surface area contributed by atoms with E-state index in [1.807, 2.05) is 0 Å². The number of hydrogen-bond acceptors (Lipinski definition) is 1. The van der Waals surface area contributed by atoms with Crippen LogP contribution in [0.4, 0.5) is 5.69 Å². The normalized spacial score (nSPS) is 10.4. The molecule has 0 fully saturated rings. The van der Waals surface area contributed by atoms with Gasteiger partial charge in [0.15, 0.2) is 0 Å². The van der Waals surface area contributed by atoms with Gasteiger partial charge in [-0.2, -0.15) is 0 Å².